The Morgan fingerprint density at radius 1 is 1.19 bits per heavy atom. The number of hydrogen-bond acceptors (Lipinski definition) is 3. The highest BCUT2D eigenvalue weighted by molar-refractivity contribution is 6.07. The third-order valence-corrected chi connectivity index (χ3v) is 3.88. The third kappa shape index (κ3) is 1.75. The van der Waals surface area contributed by atoms with Gasteiger partial charge in [0.2, 0.25) is 5.91 Å². The normalized spacial score (nSPS) is 35.4. The van der Waals surface area contributed by atoms with Crippen LogP contribution in [0.1, 0.15) is 44.9 Å². The van der Waals surface area contributed by atoms with Crippen LogP contribution in [-0.2, 0) is 4.79 Å². The number of hydrazone groups is 1. The van der Waals surface area contributed by atoms with Crippen LogP contribution in [0.4, 0.5) is 0 Å². The third-order valence-electron chi connectivity index (χ3n) is 3.88. The van der Waals surface area contributed by atoms with Gasteiger partial charge in [0.15, 0.2) is 0 Å². The zero-order valence-corrected chi connectivity index (χ0v) is 9.43. The van der Waals surface area contributed by atoms with Crippen LogP contribution >= 0.6 is 0 Å². The average Bonchev–Trinajstić information content (AvgIpc) is 3.04. The van der Waals surface area contributed by atoms with Crippen LogP contribution in [0.2, 0.25) is 0 Å². The van der Waals surface area contributed by atoms with E-state index < -0.39 is 0 Å². The van der Waals surface area contributed by atoms with Crippen molar-refractivity contribution in [3.05, 3.63) is 0 Å². The monoisotopic (exact) mass is 222 g/mol. The highest BCUT2D eigenvalue weighted by Gasteiger charge is 2.39. The van der Waals surface area contributed by atoms with Crippen molar-refractivity contribution in [2.24, 2.45) is 11.0 Å². The molecule has 1 aliphatic heterocycles. The first-order chi connectivity index (χ1) is 7.75. The molecule has 0 bridgehead atoms. The standard InChI is InChI=1S/C12H18N2O2/c15-11-4-2-1-3-10(11)14-12(16)7-9(13-14)8-5-6-8/h8,10-11,15H,1-7H2. The summed E-state index contributed by atoms with van der Waals surface area (Å²) in [4.78, 5) is 11.9. The molecule has 0 spiro atoms. The second-order valence-corrected chi connectivity index (χ2v) is 5.20. The molecule has 2 saturated carbocycles. The predicted molar refractivity (Wildman–Crippen MR) is 59.9 cm³/mol. The van der Waals surface area contributed by atoms with E-state index in [9.17, 15) is 9.90 Å². The minimum Gasteiger partial charge on any atom is -0.391 e. The Balaban J connectivity index is 1.75. The van der Waals surface area contributed by atoms with Gasteiger partial charge in [-0.25, -0.2) is 5.01 Å². The number of carbonyl (C=O) groups is 1. The quantitative estimate of drug-likeness (QED) is 0.765. The summed E-state index contributed by atoms with van der Waals surface area (Å²) in [5.41, 5.74) is 1.06. The van der Waals surface area contributed by atoms with Gasteiger partial charge in [-0.3, -0.25) is 4.79 Å². The number of aliphatic hydroxyl groups is 1. The highest BCUT2D eigenvalue weighted by atomic mass is 16.3. The molecule has 16 heavy (non-hydrogen) atoms. The molecule has 2 aliphatic carbocycles. The second-order valence-electron chi connectivity index (χ2n) is 5.20. The lowest BCUT2D eigenvalue weighted by atomic mass is 9.92. The van der Waals surface area contributed by atoms with Crippen LogP contribution in [0.15, 0.2) is 5.10 Å². The fraction of sp³-hybridized carbons (Fsp3) is 0.833. The van der Waals surface area contributed by atoms with E-state index in [2.05, 4.69) is 5.10 Å². The van der Waals surface area contributed by atoms with Crippen molar-refractivity contribution in [2.75, 3.05) is 0 Å². The predicted octanol–water partition coefficient (Wildman–Crippen LogP) is 1.29. The van der Waals surface area contributed by atoms with Gasteiger partial charge in [0.25, 0.3) is 0 Å². The minimum absolute atomic E-state index is 0.0579. The van der Waals surface area contributed by atoms with Crippen LogP contribution in [0.5, 0.6) is 0 Å². The maximum atomic E-state index is 11.9. The number of carbonyl (C=O) groups excluding carboxylic acids is 1. The van der Waals surface area contributed by atoms with Gasteiger partial charge in [-0.1, -0.05) is 12.8 Å². The summed E-state index contributed by atoms with van der Waals surface area (Å²) in [5, 5.41) is 16.0. The maximum absolute atomic E-state index is 11.9. The molecular formula is C12H18N2O2. The molecule has 3 rings (SSSR count). The summed E-state index contributed by atoms with van der Waals surface area (Å²) in [5.74, 6) is 0.655. The molecule has 1 N–H and O–H groups in total. The number of amides is 1. The fourth-order valence-corrected chi connectivity index (χ4v) is 2.74. The van der Waals surface area contributed by atoms with Crippen molar-refractivity contribution in [1.82, 2.24) is 5.01 Å². The Morgan fingerprint density at radius 2 is 1.94 bits per heavy atom. The summed E-state index contributed by atoms with van der Waals surface area (Å²) in [6, 6.07) is -0.0579. The lowest BCUT2D eigenvalue weighted by molar-refractivity contribution is -0.134. The van der Waals surface area contributed by atoms with E-state index in [1.54, 1.807) is 5.01 Å². The van der Waals surface area contributed by atoms with E-state index in [-0.39, 0.29) is 18.1 Å². The van der Waals surface area contributed by atoms with Crippen molar-refractivity contribution < 1.29 is 9.90 Å². The zero-order chi connectivity index (χ0) is 11.1. The zero-order valence-electron chi connectivity index (χ0n) is 9.43. The molecule has 3 aliphatic rings. The molecule has 88 valence electrons. The van der Waals surface area contributed by atoms with Gasteiger partial charge in [-0.05, 0) is 31.6 Å². The Labute approximate surface area is 95.3 Å². The molecule has 4 nitrogen and oxygen atoms in total. The molecular weight excluding hydrogens is 204 g/mol. The first kappa shape index (κ1) is 10.3. The van der Waals surface area contributed by atoms with Crippen LogP contribution < -0.4 is 0 Å². The van der Waals surface area contributed by atoms with Gasteiger partial charge in [-0.2, -0.15) is 5.10 Å². The Kier molecular flexibility index (Phi) is 2.46. The van der Waals surface area contributed by atoms with Gasteiger partial charge in [0, 0.05) is 0 Å². The number of rotatable bonds is 2. The van der Waals surface area contributed by atoms with E-state index in [4.69, 9.17) is 0 Å². The topological polar surface area (TPSA) is 52.9 Å². The molecule has 1 heterocycles. The maximum Gasteiger partial charge on any atom is 0.248 e. The van der Waals surface area contributed by atoms with Crippen molar-refractivity contribution in [2.45, 2.75) is 57.1 Å². The van der Waals surface area contributed by atoms with Gasteiger partial charge in [0.1, 0.15) is 0 Å². The van der Waals surface area contributed by atoms with E-state index in [0.717, 1.165) is 31.4 Å². The number of hydrogen-bond donors (Lipinski definition) is 1. The van der Waals surface area contributed by atoms with Crippen LogP contribution in [-0.4, -0.2) is 33.9 Å². The largest absolute Gasteiger partial charge is 0.391 e. The summed E-state index contributed by atoms with van der Waals surface area (Å²) in [6.07, 6.45) is 6.37. The van der Waals surface area contributed by atoms with Gasteiger partial charge in [-0.15, -0.1) is 0 Å². The van der Waals surface area contributed by atoms with Gasteiger partial charge >= 0.3 is 0 Å². The Morgan fingerprint density at radius 3 is 2.62 bits per heavy atom. The molecule has 4 heteroatoms. The van der Waals surface area contributed by atoms with Crippen LogP contribution in [0.3, 0.4) is 0 Å². The molecule has 0 aromatic rings. The molecule has 2 atom stereocenters. The number of aliphatic hydroxyl groups excluding tert-OH is 1. The summed E-state index contributed by atoms with van der Waals surface area (Å²) >= 11 is 0. The van der Waals surface area contributed by atoms with E-state index in [1.165, 1.54) is 12.8 Å². The van der Waals surface area contributed by atoms with Crippen molar-refractivity contribution in [1.29, 1.82) is 0 Å². The van der Waals surface area contributed by atoms with Crippen molar-refractivity contribution in [3.63, 3.8) is 0 Å². The minimum atomic E-state index is -0.375. The average molecular weight is 222 g/mol. The molecule has 0 radical (unpaired) electrons. The van der Waals surface area contributed by atoms with Crippen molar-refractivity contribution in [3.8, 4) is 0 Å². The first-order valence-corrected chi connectivity index (χ1v) is 6.33. The van der Waals surface area contributed by atoms with Crippen LogP contribution in [0.25, 0.3) is 0 Å². The summed E-state index contributed by atoms with van der Waals surface area (Å²) < 4.78 is 0. The van der Waals surface area contributed by atoms with Crippen LogP contribution in [0, 0.1) is 5.92 Å². The lowest BCUT2D eigenvalue weighted by Crippen LogP contribution is -2.43. The second kappa shape index (κ2) is 3.84. The summed E-state index contributed by atoms with van der Waals surface area (Å²) in [7, 11) is 0. The fourth-order valence-electron chi connectivity index (χ4n) is 2.74. The molecule has 2 fully saturated rings. The highest BCUT2D eigenvalue weighted by Crippen LogP contribution is 2.36. The van der Waals surface area contributed by atoms with E-state index in [0.29, 0.717) is 12.3 Å². The van der Waals surface area contributed by atoms with Crippen molar-refractivity contribution >= 4 is 11.6 Å². The molecule has 2 unspecified atom stereocenters. The Bertz CT molecular complexity index is 336. The van der Waals surface area contributed by atoms with Gasteiger partial charge < -0.3 is 5.11 Å². The first-order valence-electron chi connectivity index (χ1n) is 6.33. The van der Waals surface area contributed by atoms with E-state index >= 15 is 0 Å². The molecule has 0 saturated heterocycles. The lowest BCUT2D eigenvalue weighted by Gasteiger charge is -2.32. The van der Waals surface area contributed by atoms with E-state index in [1.807, 2.05) is 0 Å². The molecule has 0 aromatic carbocycles. The Hall–Kier alpha value is -0.900. The summed E-state index contributed by atoms with van der Waals surface area (Å²) in [6.45, 7) is 0. The number of nitrogens with zero attached hydrogens (tertiary/aromatic N) is 2. The molecule has 0 aromatic heterocycles. The van der Waals surface area contributed by atoms with Gasteiger partial charge in [0.05, 0.1) is 24.3 Å². The smallest absolute Gasteiger partial charge is 0.248 e. The SMILES string of the molecule is O=C1CC(C2CC2)=NN1C1CCCCC1O. The molecule has 1 amide bonds.